The summed E-state index contributed by atoms with van der Waals surface area (Å²) in [5.41, 5.74) is 1.81. The Kier molecular flexibility index (Phi) is 6.87. The lowest BCUT2D eigenvalue weighted by Crippen LogP contribution is -2.49. The van der Waals surface area contributed by atoms with Crippen LogP contribution in [0, 0.1) is 6.92 Å². The molecule has 0 amide bonds. The van der Waals surface area contributed by atoms with Gasteiger partial charge in [0.2, 0.25) is 0 Å². The van der Waals surface area contributed by atoms with Crippen LogP contribution in [0.5, 0.6) is 5.75 Å². The highest BCUT2D eigenvalue weighted by molar-refractivity contribution is 7.80. The van der Waals surface area contributed by atoms with Crippen molar-refractivity contribution >= 4 is 22.5 Å². The summed E-state index contributed by atoms with van der Waals surface area (Å²) in [4.78, 5) is 20.7. The van der Waals surface area contributed by atoms with E-state index in [1.807, 2.05) is 13.8 Å². The fourth-order valence-electron chi connectivity index (χ4n) is 4.95. The Morgan fingerprint density at radius 1 is 1.29 bits per heavy atom. The summed E-state index contributed by atoms with van der Waals surface area (Å²) in [6.07, 6.45) is 4.33. The molecule has 12 heteroatoms. The number of anilines is 1. The van der Waals surface area contributed by atoms with Crippen LogP contribution >= 0.6 is 0 Å². The number of aromatic amines is 1. The van der Waals surface area contributed by atoms with E-state index in [1.54, 1.807) is 27.7 Å². The third kappa shape index (κ3) is 4.58. The lowest BCUT2D eigenvalue weighted by molar-refractivity contribution is 0.0407. The molecule has 3 aromatic rings. The van der Waals surface area contributed by atoms with Gasteiger partial charge in [-0.15, -0.1) is 5.10 Å². The second kappa shape index (κ2) is 10.1. The molecule has 35 heavy (non-hydrogen) atoms. The molecule has 1 atom stereocenters. The number of hydrazine groups is 1. The smallest absolute Gasteiger partial charge is 0.277 e. The molecule has 2 aromatic heterocycles. The van der Waals surface area contributed by atoms with Crippen molar-refractivity contribution in [1.82, 2.24) is 24.6 Å². The zero-order valence-electron chi connectivity index (χ0n) is 19.9. The number of H-pyrrole nitrogens is 1. The summed E-state index contributed by atoms with van der Waals surface area (Å²) < 4.78 is 36.6. The molecule has 0 bridgehead atoms. The van der Waals surface area contributed by atoms with Crippen molar-refractivity contribution in [3.05, 3.63) is 40.1 Å². The second-order valence-corrected chi connectivity index (χ2v) is 9.59. The number of hydrogen-bond acceptors (Lipinski definition) is 7. The lowest BCUT2D eigenvalue weighted by Gasteiger charge is -2.35. The fraction of sp³-hybridized carbons (Fsp3) is 0.522. The molecule has 1 unspecified atom stereocenters. The zero-order chi connectivity index (χ0) is 24.5. The largest absolute Gasteiger partial charge is 0.493 e. The average molecular weight is 503 g/mol. The van der Waals surface area contributed by atoms with Crippen molar-refractivity contribution in [2.45, 2.75) is 45.4 Å². The van der Waals surface area contributed by atoms with Gasteiger partial charge in [-0.05, 0) is 44.9 Å². The Morgan fingerprint density at radius 2 is 2.03 bits per heavy atom. The summed E-state index contributed by atoms with van der Waals surface area (Å²) in [6.45, 7) is 6.00. The molecular weight excluding hydrogens is 472 g/mol. The highest BCUT2D eigenvalue weighted by Crippen LogP contribution is 2.35. The van der Waals surface area contributed by atoms with Crippen molar-refractivity contribution in [2.75, 3.05) is 37.3 Å². The summed E-state index contributed by atoms with van der Waals surface area (Å²) in [5, 5.41) is 6.57. The van der Waals surface area contributed by atoms with Crippen molar-refractivity contribution in [3.63, 3.8) is 0 Å². The molecular formula is C23H30N6O5S. The van der Waals surface area contributed by atoms with Gasteiger partial charge in [-0.3, -0.25) is 9.35 Å². The highest BCUT2D eigenvalue weighted by atomic mass is 32.2. The van der Waals surface area contributed by atoms with Crippen molar-refractivity contribution in [1.29, 1.82) is 0 Å². The first-order valence-corrected chi connectivity index (χ1v) is 13.0. The molecule has 1 saturated carbocycles. The van der Waals surface area contributed by atoms with Crippen molar-refractivity contribution in [2.24, 2.45) is 0 Å². The predicted octanol–water partition coefficient (Wildman–Crippen LogP) is 2.64. The van der Waals surface area contributed by atoms with Gasteiger partial charge in [-0.2, -0.15) is 4.41 Å². The average Bonchev–Trinajstić information content (AvgIpc) is 3.49. The van der Waals surface area contributed by atoms with Crippen molar-refractivity contribution in [3.8, 4) is 17.1 Å². The lowest BCUT2D eigenvalue weighted by atomic mass is 10.1. The first-order valence-electron chi connectivity index (χ1n) is 12.0. The number of rotatable bonds is 7. The van der Waals surface area contributed by atoms with E-state index in [0.29, 0.717) is 66.9 Å². The normalized spacial score (nSPS) is 18.3. The number of ether oxygens (including phenoxy) is 2. The fourth-order valence-corrected chi connectivity index (χ4v) is 5.61. The Balaban J connectivity index is 1.65. The molecule has 188 valence electrons. The van der Waals surface area contributed by atoms with E-state index < -0.39 is 11.3 Å². The summed E-state index contributed by atoms with van der Waals surface area (Å²) in [5.74, 6) is 1.91. The highest BCUT2D eigenvalue weighted by Gasteiger charge is 2.27. The maximum absolute atomic E-state index is 13.1. The second-order valence-electron chi connectivity index (χ2n) is 8.78. The number of aromatic nitrogens is 4. The number of benzene rings is 1. The molecule has 3 heterocycles. The van der Waals surface area contributed by atoms with Crippen LogP contribution in [0.25, 0.3) is 16.9 Å². The van der Waals surface area contributed by atoms with Gasteiger partial charge in [0.05, 0.1) is 36.8 Å². The summed E-state index contributed by atoms with van der Waals surface area (Å²) in [7, 11) is 0. The van der Waals surface area contributed by atoms with Crippen LogP contribution in [0.2, 0.25) is 0 Å². The van der Waals surface area contributed by atoms with Gasteiger partial charge in [0.1, 0.15) is 11.6 Å². The molecule has 2 aliphatic rings. The van der Waals surface area contributed by atoms with Gasteiger partial charge in [0.15, 0.2) is 11.3 Å². The number of fused-ring (bicyclic) bond motifs is 1. The Bertz CT molecular complexity index is 1300. The van der Waals surface area contributed by atoms with E-state index in [2.05, 4.69) is 4.98 Å². The summed E-state index contributed by atoms with van der Waals surface area (Å²) in [6, 6.07) is 5.17. The van der Waals surface area contributed by atoms with E-state index in [1.165, 1.54) is 4.41 Å². The zero-order valence-corrected chi connectivity index (χ0v) is 20.7. The molecule has 1 aromatic carbocycles. The molecule has 11 nitrogen and oxygen atoms in total. The van der Waals surface area contributed by atoms with E-state index in [9.17, 15) is 13.6 Å². The van der Waals surface area contributed by atoms with Crippen LogP contribution in [0.4, 0.5) is 5.69 Å². The number of aryl methyl sites for hydroxylation is 1. The van der Waals surface area contributed by atoms with Gasteiger partial charge < -0.3 is 14.5 Å². The van der Waals surface area contributed by atoms with E-state index in [-0.39, 0.29) is 11.5 Å². The monoisotopic (exact) mass is 502 g/mol. The molecule has 0 radical (unpaired) electrons. The minimum Gasteiger partial charge on any atom is -0.493 e. The van der Waals surface area contributed by atoms with Gasteiger partial charge >= 0.3 is 0 Å². The minimum atomic E-state index is -2.30. The molecule has 2 fully saturated rings. The van der Waals surface area contributed by atoms with Gasteiger partial charge in [0.25, 0.3) is 16.8 Å². The first kappa shape index (κ1) is 23.9. The SMILES string of the molecule is CCOc1ccc(N(N2CCOCC2)S(=O)O)cc1-c1nn2c(C3CCCC3)nc(C)c2c(=O)[nH]1. The topological polar surface area (TPSA) is 125 Å². The van der Waals surface area contributed by atoms with Crippen LogP contribution in [-0.2, 0) is 16.0 Å². The van der Waals surface area contributed by atoms with Gasteiger partial charge in [-0.25, -0.2) is 18.7 Å². The molecule has 1 saturated heterocycles. The van der Waals surface area contributed by atoms with Gasteiger partial charge in [0, 0.05) is 19.0 Å². The van der Waals surface area contributed by atoms with Crippen LogP contribution in [0.15, 0.2) is 23.0 Å². The Labute approximate surface area is 205 Å². The number of hydrogen-bond donors (Lipinski definition) is 2. The molecule has 5 rings (SSSR count). The quantitative estimate of drug-likeness (QED) is 0.473. The number of imidazole rings is 1. The Hall–Kier alpha value is -2.80. The van der Waals surface area contributed by atoms with Crippen LogP contribution in [-0.4, -0.2) is 66.3 Å². The van der Waals surface area contributed by atoms with Gasteiger partial charge in [-0.1, -0.05) is 12.8 Å². The van der Waals surface area contributed by atoms with E-state index in [0.717, 1.165) is 31.5 Å². The first-order chi connectivity index (χ1) is 17.0. The van der Waals surface area contributed by atoms with Crippen molar-refractivity contribution < 1.29 is 18.2 Å². The maximum atomic E-state index is 13.1. The maximum Gasteiger partial charge on any atom is 0.277 e. The Morgan fingerprint density at radius 3 is 2.71 bits per heavy atom. The summed E-state index contributed by atoms with van der Waals surface area (Å²) >= 11 is -2.30. The number of morpholine rings is 1. The van der Waals surface area contributed by atoms with Crippen LogP contribution < -0.4 is 14.7 Å². The van der Waals surface area contributed by atoms with E-state index >= 15 is 0 Å². The molecule has 2 N–H and O–H groups in total. The van der Waals surface area contributed by atoms with Crippen LogP contribution in [0.3, 0.4) is 0 Å². The molecule has 1 aliphatic carbocycles. The van der Waals surface area contributed by atoms with Crippen LogP contribution in [0.1, 0.15) is 50.0 Å². The standard InChI is InChI=1S/C23H30N6O5S/c1-3-34-19-9-8-17(29(35(31)32)27-10-12-33-13-11-27)14-18(19)21-25-23(30)20-15(2)24-22(28(20)26-21)16-6-4-5-7-16/h8-9,14,16H,3-7,10-13H2,1-2H3,(H,31,32)(H,25,26,30). The number of nitrogens with zero attached hydrogens (tertiary/aromatic N) is 5. The predicted molar refractivity (Wildman–Crippen MR) is 132 cm³/mol. The third-order valence-electron chi connectivity index (χ3n) is 6.55. The third-order valence-corrected chi connectivity index (χ3v) is 7.29. The molecule has 1 aliphatic heterocycles. The molecule has 0 spiro atoms. The number of nitrogens with one attached hydrogen (secondary N) is 1. The van der Waals surface area contributed by atoms with E-state index in [4.69, 9.17) is 19.6 Å². The minimum absolute atomic E-state index is 0.268.